The molecule has 3 rings (SSSR count). The molecular formula is C28H34N4O3. The summed E-state index contributed by atoms with van der Waals surface area (Å²) in [5.74, 6) is 0. The first-order chi connectivity index (χ1) is 17.2. The molecule has 0 bridgehead atoms. The largest absolute Gasteiger partial charge is 0.399 e. The molecule has 184 valence electrons. The van der Waals surface area contributed by atoms with E-state index in [0.29, 0.717) is 19.8 Å². The number of pyridine rings is 2. The minimum atomic E-state index is 0.507. The van der Waals surface area contributed by atoms with Crippen LogP contribution in [0, 0.1) is 0 Å². The van der Waals surface area contributed by atoms with Crippen molar-refractivity contribution in [2.75, 3.05) is 20.3 Å². The highest BCUT2D eigenvalue weighted by Crippen LogP contribution is 2.08. The molecule has 0 spiro atoms. The van der Waals surface area contributed by atoms with Crippen LogP contribution in [0.4, 0.5) is 0 Å². The first-order valence-electron chi connectivity index (χ1n) is 11.9. The first kappa shape index (κ1) is 26.0. The van der Waals surface area contributed by atoms with Crippen LogP contribution in [-0.2, 0) is 33.9 Å². The van der Waals surface area contributed by atoms with Crippen LogP contribution in [0.5, 0.6) is 0 Å². The Bertz CT molecular complexity index is 1100. The maximum atomic E-state index is 5.77. The Hall–Kier alpha value is -3.58. The Kier molecular flexibility index (Phi) is 10.9. The molecule has 1 aromatic carbocycles. The van der Waals surface area contributed by atoms with Gasteiger partial charge in [0.15, 0.2) is 0 Å². The minimum absolute atomic E-state index is 0.507. The predicted octanol–water partition coefficient (Wildman–Crippen LogP) is 5.37. The van der Waals surface area contributed by atoms with Crippen LogP contribution in [0.1, 0.15) is 55.0 Å². The molecule has 0 saturated carbocycles. The monoisotopic (exact) mass is 474 g/mol. The fourth-order valence-corrected chi connectivity index (χ4v) is 3.45. The van der Waals surface area contributed by atoms with Crippen LogP contribution < -0.4 is 0 Å². The number of nitrogens with zero attached hydrogens (tertiary/aromatic N) is 4. The van der Waals surface area contributed by atoms with E-state index in [4.69, 9.17) is 19.4 Å². The van der Waals surface area contributed by atoms with E-state index in [0.717, 1.165) is 59.9 Å². The number of benzene rings is 1. The number of hydrogen-bond donors (Lipinski definition) is 0. The molecule has 35 heavy (non-hydrogen) atoms. The van der Waals surface area contributed by atoms with Crippen molar-refractivity contribution >= 4 is 11.4 Å². The quantitative estimate of drug-likeness (QED) is 0.178. The van der Waals surface area contributed by atoms with Gasteiger partial charge in [0.25, 0.3) is 0 Å². The normalized spacial score (nSPS) is 12.0. The molecule has 7 heteroatoms. The van der Waals surface area contributed by atoms with Gasteiger partial charge in [-0.15, -0.1) is 0 Å². The average molecular weight is 475 g/mol. The summed E-state index contributed by atoms with van der Waals surface area (Å²) >= 11 is 0. The number of oxime groups is 2. The summed E-state index contributed by atoms with van der Waals surface area (Å²) in [5.41, 5.74) is 6.36. The van der Waals surface area contributed by atoms with Gasteiger partial charge in [0, 0.05) is 18.0 Å². The third kappa shape index (κ3) is 9.29. The molecule has 0 unspecified atom stereocenters. The molecule has 0 atom stereocenters. The lowest BCUT2D eigenvalue weighted by Crippen LogP contribution is -2.05. The summed E-state index contributed by atoms with van der Waals surface area (Å²) in [6.45, 7) is 5.64. The standard InChI is InChI=1S/C28H34N4O3/c1-22(31-33-3)27-17-7-14-26(29-27)16-10-20-35-32-23(2)28-18-8-13-25(30-28)15-9-19-34-21-24-11-5-4-6-12-24/h4-8,11-14,17-18H,9-10,15-16,19-21H2,1-3H3. The minimum Gasteiger partial charge on any atom is -0.399 e. The molecule has 0 fully saturated rings. The van der Waals surface area contributed by atoms with Crippen LogP contribution in [0.25, 0.3) is 0 Å². The zero-order chi connectivity index (χ0) is 24.7. The van der Waals surface area contributed by atoms with Crippen molar-refractivity contribution in [1.29, 1.82) is 0 Å². The van der Waals surface area contributed by atoms with E-state index in [2.05, 4.69) is 27.4 Å². The summed E-state index contributed by atoms with van der Waals surface area (Å²) in [6.07, 6.45) is 3.38. The molecular weight excluding hydrogens is 440 g/mol. The van der Waals surface area contributed by atoms with Crippen molar-refractivity contribution in [3.05, 3.63) is 95.1 Å². The van der Waals surface area contributed by atoms with Crippen molar-refractivity contribution < 1.29 is 14.4 Å². The molecule has 2 aromatic heterocycles. The van der Waals surface area contributed by atoms with Gasteiger partial charge in [-0.1, -0.05) is 52.8 Å². The molecule has 0 aliphatic rings. The second-order valence-electron chi connectivity index (χ2n) is 8.14. The van der Waals surface area contributed by atoms with Gasteiger partial charge in [-0.05, 0) is 69.4 Å². The maximum Gasteiger partial charge on any atom is 0.117 e. The molecule has 7 nitrogen and oxygen atoms in total. The Morgan fingerprint density at radius 3 is 1.94 bits per heavy atom. The number of ether oxygens (including phenoxy) is 1. The van der Waals surface area contributed by atoms with Crippen LogP contribution in [-0.4, -0.2) is 41.7 Å². The molecule has 0 aliphatic heterocycles. The smallest absolute Gasteiger partial charge is 0.117 e. The van der Waals surface area contributed by atoms with E-state index in [9.17, 15) is 0 Å². The highest BCUT2D eigenvalue weighted by Gasteiger charge is 2.04. The highest BCUT2D eigenvalue weighted by atomic mass is 16.6. The van der Waals surface area contributed by atoms with Gasteiger partial charge in [0.2, 0.25) is 0 Å². The third-order valence-electron chi connectivity index (χ3n) is 5.29. The lowest BCUT2D eigenvalue weighted by Gasteiger charge is -2.07. The number of aryl methyl sites for hydroxylation is 2. The number of aromatic nitrogens is 2. The SMILES string of the molecule is CON=C(C)c1cccc(CCCON=C(C)c2cccc(CCCOCc3ccccc3)n2)n1. The molecule has 3 aromatic rings. The van der Waals surface area contributed by atoms with E-state index in [1.165, 1.54) is 12.7 Å². The van der Waals surface area contributed by atoms with Crippen molar-refractivity contribution in [2.45, 2.75) is 46.1 Å². The molecule has 0 radical (unpaired) electrons. The molecule has 2 heterocycles. The van der Waals surface area contributed by atoms with E-state index < -0.39 is 0 Å². The van der Waals surface area contributed by atoms with Crippen LogP contribution in [0.15, 0.2) is 77.0 Å². The lowest BCUT2D eigenvalue weighted by molar-refractivity contribution is 0.118. The topological polar surface area (TPSA) is 78.2 Å². The van der Waals surface area contributed by atoms with Gasteiger partial charge in [0.1, 0.15) is 25.1 Å². The van der Waals surface area contributed by atoms with Crippen LogP contribution in [0.3, 0.4) is 0 Å². The maximum absolute atomic E-state index is 5.77. The van der Waals surface area contributed by atoms with Gasteiger partial charge < -0.3 is 14.4 Å². The summed E-state index contributed by atoms with van der Waals surface area (Å²) < 4.78 is 5.77. The van der Waals surface area contributed by atoms with Gasteiger partial charge in [-0.3, -0.25) is 9.97 Å². The highest BCUT2D eigenvalue weighted by molar-refractivity contribution is 5.96. The Labute approximate surface area is 207 Å². The number of hydrogen-bond acceptors (Lipinski definition) is 7. The summed E-state index contributed by atoms with van der Waals surface area (Å²) in [7, 11) is 1.53. The van der Waals surface area contributed by atoms with E-state index in [1.807, 2.05) is 68.4 Å². The average Bonchev–Trinajstić information content (AvgIpc) is 2.89. The van der Waals surface area contributed by atoms with Gasteiger partial charge in [-0.2, -0.15) is 0 Å². The van der Waals surface area contributed by atoms with Gasteiger partial charge in [0.05, 0.1) is 18.0 Å². The zero-order valence-electron chi connectivity index (χ0n) is 20.8. The first-order valence-corrected chi connectivity index (χ1v) is 11.9. The van der Waals surface area contributed by atoms with Crippen LogP contribution in [0.2, 0.25) is 0 Å². The van der Waals surface area contributed by atoms with Crippen molar-refractivity contribution in [2.24, 2.45) is 10.3 Å². The Morgan fingerprint density at radius 2 is 1.31 bits per heavy atom. The zero-order valence-corrected chi connectivity index (χ0v) is 20.8. The fraction of sp³-hybridized carbons (Fsp3) is 0.357. The Balaban J connectivity index is 1.38. The third-order valence-corrected chi connectivity index (χ3v) is 5.29. The Morgan fingerprint density at radius 1 is 0.714 bits per heavy atom. The van der Waals surface area contributed by atoms with E-state index in [-0.39, 0.29) is 0 Å². The van der Waals surface area contributed by atoms with Crippen LogP contribution >= 0.6 is 0 Å². The summed E-state index contributed by atoms with van der Waals surface area (Å²) in [5, 5.41) is 8.19. The predicted molar refractivity (Wildman–Crippen MR) is 139 cm³/mol. The second kappa shape index (κ2) is 14.6. The molecule has 0 saturated heterocycles. The van der Waals surface area contributed by atoms with Gasteiger partial charge in [-0.25, -0.2) is 0 Å². The second-order valence-corrected chi connectivity index (χ2v) is 8.14. The molecule has 0 amide bonds. The van der Waals surface area contributed by atoms with Gasteiger partial charge >= 0.3 is 0 Å². The van der Waals surface area contributed by atoms with E-state index in [1.54, 1.807) is 0 Å². The molecule has 0 N–H and O–H groups in total. The number of rotatable bonds is 14. The molecule has 0 aliphatic carbocycles. The summed E-state index contributed by atoms with van der Waals surface area (Å²) in [4.78, 5) is 19.7. The summed E-state index contributed by atoms with van der Waals surface area (Å²) in [6, 6.07) is 22.1. The van der Waals surface area contributed by atoms with Crippen molar-refractivity contribution in [1.82, 2.24) is 9.97 Å². The lowest BCUT2D eigenvalue weighted by atomic mass is 10.2. The fourth-order valence-electron chi connectivity index (χ4n) is 3.45. The van der Waals surface area contributed by atoms with Crippen molar-refractivity contribution in [3.63, 3.8) is 0 Å². The van der Waals surface area contributed by atoms with Crippen molar-refractivity contribution in [3.8, 4) is 0 Å². The van der Waals surface area contributed by atoms with E-state index >= 15 is 0 Å².